The molecule has 1 aromatic rings. The first-order valence-corrected chi connectivity index (χ1v) is 5.05. The van der Waals surface area contributed by atoms with E-state index in [9.17, 15) is 15.0 Å². The predicted octanol–water partition coefficient (Wildman–Crippen LogP) is -1.41. The summed E-state index contributed by atoms with van der Waals surface area (Å²) in [5.74, 6) is 0.155. The number of nitrogens with two attached hydrogens (primary N) is 1. The molecule has 0 aromatic carbocycles. The maximum Gasteiger partial charge on any atom is 0.280 e. The molecule has 1 aliphatic rings. The van der Waals surface area contributed by atoms with Crippen molar-refractivity contribution in [3.8, 4) is 0 Å². The zero-order chi connectivity index (χ0) is 12.6. The van der Waals surface area contributed by atoms with Crippen molar-refractivity contribution >= 4 is 23.7 Å². The SMILES string of the molecule is C[C@H](O)[C@H](O)[C@@H]1C=Nc2c(nc(N)[nH]c2=O)N1. The highest BCUT2D eigenvalue weighted by Crippen LogP contribution is 2.23. The molecule has 3 atom stereocenters. The van der Waals surface area contributed by atoms with Crippen molar-refractivity contribution in [3.05, 3.63) is 10.4 Å². The van der Waals surface area contributed by atoms with Gasteiger partial charge in [-0.05, 0) is 6.92 Å². The quantitative estimate of drug-likeness (QED) is 0.430. The Morgan fingerprint density at radius 1 is 1.53 bits per heavy atom. The summed E-state index contributed by atoms with van der Waals surface area (Å²) in [6.45, 7) is 1.45. The van der Waals surface area contributed by atoms with E-state index in [-0.39, 0.29) is 17.5 Å². The minimum Gasteiger partial charge on any atom is -0.391 e. The van der Waals surface area contributed by atoms with Crippen LogP contribution in [-0.2, 0) is 0 Å². The van der Waals surface area contributed by atoms with Gasteiger partial charge in [-0.3, -0.25) is 9.78 Å². The topological polar surface area (TPSA) is 137 Å². The van der Waals surface area contributed by atoms with Crippen molar-refractivity contribution in [2.24, 2.45) is 4.99 Å². The van der Waals surface area contributed by atoms with Crippen molar-refractivity contribution in [1.82, 2.24) is 9.97 Å². The minimum absolute atomic E-state index is 0.0383. The number of aromatic nitrogens is 2. The second kappa shape index (κ2) is 4.15. The van der Waals surface area contributed by atoms with Gasteiger partial charge in [-0.25, -0.2) is 4.99 Å². The average Bonchev–Trinajstić information content (AvgIpc) is 2.26. The number of hydrogen-bond acceptors (Lipinski definition) is 7. The highest BCUT2D eigenvalue weighted by Gasteiger charge is 2.26. The summed E-state index contributed by atoms with van der Waals surface area (Å²) < 4.78 is 0. The van der Waals surface area contributed by atoms with Crippen LogP contribution in [0.5, 0.6) is 0 Å². The number of aliphatic hydroxyl groups excluding tert-OH is 2. The molecule has 2 rings (SSSR count). The van der Waals surface area contributed by atoms with Gasteiger partial charge in [-0.1, -0.05) is 0 Å². The van der Waals surface area contributed by atoms with Crippen molar-refractivity contribution in [2.75, 3.05) is 11.1 Å². The maximum absolute atomic E-state index is 11.5. The second-order valence-electron chi connectivity index (χ2n) is 3.83. The molecule has 0 saturated heterocycles. The lowest BCUT2D eigenvalue weighted by molar-refractivity contribution is 0.0313. The van der Waals surface area contributed by atoms with Crippen molar-refractivity contribution in [2.45, 2.75) is 25.2 Å². The fourth-order valence-corrected chi connectivity index (χ4v) is 1.53. The van der Waals surface area contributed by atoms with Crippen LogP contribution in [0.4, 0.5) is 17.5 Å². The number of aliphatic hydroxyl groups is 2. The highest BCUT2D eigenvalue weighted by atomic mass is 16.3. The smallest absolute Gasteiger partial charge is 0.280 e. The van der Waals surface area contributed by atoms with Crippen molar-refractivity contribution < 1.29 is 10.2 Å². The molecule has 0 aliphatic carbocycles. The van der Waals surface area contributed by atoms with Crippen molar-refractivity contribution in [1.29, 1.82) is 0 Å². The van der Waals surface area contributed by atoms with Crippen LogP contribution in [0.2, 0.25) is 0 Å². The third kappa shape index (κ3) is 2.12. The third-order valence-corrected chi connectivity index (χ3v) is 2.44. The summed E-state index contributed by atoms with van der Waals surface area (Å²) in [6.07, 6.45) is -0.624. The standard InChI is InChI=1S/C9H13N5O3/c1-3(15)6(16)4-2-11-5-7(12-4)13-9(10)14-8(5)17/h2-4,6,15-16H,1H3,(H4,10,12,13,14,17)/t3-,4-,6-/m0/s1. The van der Waals surface area contributed by atoms with Gasteiger partial charge in [-0.2, -0.15) is 4.98 Å². The van der Waals surface area contributed by atoms with Crippen LogP contribution >= 0.6 is 0 Å². The molecule has 0 saturated carbocycles. The Balaban J connectivity index is 2.34. The Kier molecular flexibility index (Phi) is 2.82. The lowest BCUT2D eigenvalue weighted by Gasteiger charge is -2.26. The van der Waals surface area contributed by atoms with Crippen LogP contribution in [0.3, 0.4) is 0 Å². The predicted molar refractivity (Wildman–Crippen MR) is 62.5 cm³/mol. The van der Waals surface area contributed by atoms with E-state index in [1.165, 1.54) is 13.1 Å². The Hall–Kier alpha value is -1.93. The highest BCUT2D eigenvalue weighted by molar-refractivity contribution is 5.81. The van der Waals surface area contributed by atoms with E-state index in [1.807, 2.05) is 0 Å². The van der Waals surface area contributed by atoms with Gasteiger partial charge in [0.1, 0.15) is 6.10 Å². The third-order valence-electron chi connectivity index (χ3n) is 2.44. The molecule has 1 aromatic heterocycles. The molecule has 0 spiro atoms. The number of nitrogens with one attached hydrogen (secondary N) is 2. The summed E-state index contributed by atoms with van der Waals surface area (Å²) in [5.41, 5.74) is 5.04. The van der Waals surface area contributed by atoms with Crippen LogP contribution in [-0.4, -0.2) is 44.6 Å². The number of aliphatic imine (C=N–C) groups is 1. The van der Waals surface area contributed by atoms with Gasteiger partial charge in [0.25, 0.3) is 5.56 Å². The second-order valence-corrected chi connectivity index (χ2v) is 3.83. The number of hydrogen-bond donors (Lipinski definition) is 5. The van der Waals surface area contributed by atoms with Gasteiger partial charge in [-0.15, -0.1) is 0 Å². The Morgan fingerprint density at radius 3 is 2.88 bits per heavy atom. The van der Waals surface area contributed by atoms with E-state index < -0.39 is 23.8 Å². The number of H-pyrrole nitrogens is 1. The number of anilines is 2. The molecular formula is C9H13N5O3. The number of aromatic amines is 1. The summed E-state index contributed by atoms with van der Waals surface area (Å²) >= 11 is 0. The molecule has 0 amide bonds. The van der Waals surface area contributed by atoms with Crippen LogP contribution in [0.15, 0.2) is 9.79 Å². The fraction of sp³-hybridized carbons (Fsp3) is 0.444. The molecule has 0 radical (unpaired) electrons. The molecule has 1 aliphatic heterocycles. The summed E-state index contributed by atoms with van der Waals surface area (Å²) in [7, 11) is 0. The molecule has 0 bridgehead atoms. The van der Waals surface area contributed by atoms with E-state index in [0.717, 1.165) is 0 Å². The van der Waals surface area contributed by atoms with Gasteiger partial charge in [0.05, 0.1) is 12.1 Å². The largest absolute Gasteiger partial charge is 0.391 e. The summed E-state index contributed by atoms with van der Waals surface area (Å²) in [4.78, 5) is 21.5. The minimum atomic E-state index is -1.05. The number of nitrogens with zero attached hydrogens (tertiary/aromatic N) is 2. The number of fused-ring (bicyclic) bond motifs is 1. The van der Waals surface area contributed by atoms with E-state index in [4.69, 9.17) is 5.73 Å². The Bertz CT molecular complexity index is 510. The van der Waals surface area contributed by atoms with Gasteiger partial charge < -0.3 is 21.3 Å². The molecule has 0 unspecified atom stereocenters. The van der Waals surface area contributed by atoms with Crippen LogP contribution < -0.4 is 16.6 Å². The first-order valence-electron chi connectivity index (χ1n) is 5.05. The zero-order valence-electron chi connectivity index (χ0n) is 9.08. The molecule has 8 nitrogen and oxygen atoms in total. The molecule has 2 heterocycles. The van der Waals surface area contributed by atoms with E-state index >= 15 is 0 Å². The number of nitrogen functional groups attached to an aromatic ring is 1. The zero-order valence-corrected chi connectivity index (χ0v) is 9.08. The van der Waals surface area contributed by atoms with Gasteiger partial charge in [0.2, 0.25) is 5.95 Å². The first-order chi connectivity index (χ1) is 7.99. The van der Waals surface area contributed by atoms with E-state index in [1.54, 1.807) is 0 Å². The molecule has 92 valence electrons. The van der Waals surface area contributed by atoms with E-state index in [2.05, 4.69) is 20.3 Å². The summed E-state index contributed by atoms with van der Waals surface area (Å²) in [6, 6.07) is -0.615. The van der Waals surface area contributed by atoms with E-state index in [0.29, 0.717) is 0 Å². The Morgan fingerprint density at radius 2 is 2.24 bits per heavy atom. The normalized spacial score (nSPS) is 21.5. The summed E-state index contributed by atoms with van der Waals surface area (Å²) in [5, 5.41) is 21.7. The number of rotatable bonds is 2. The monoisotopic (exact) mass is 239 g/mol. The fourth-order valence-electron chi connectivity index (χ4n) is 1.53. The van der Waals surface area contributed by atoms with Crippen molar-refractivity contribution in [3.63, 3.8) is 0 Å². The molecule has 8 heteroatoms. The van der Waals surface area contributed by atoms with Crippen LogP contribution in [0, 0.1) is 0 Å². The first kappa shape index (κ1) is 11.6. The lowest BCUT2D eigenvalue weighted by atomic mass is 10.1. The Labute approximate surface area is 96.2 Å². The average molecular weight is 239 g/mol. The van der Waals surface area contributed by atoms with Gasteiger partial charge >= 0.3 is 0 Å². The van der Waals surface area contributed by atoms with Gasteiger partial charge in [0, 0.05) is 6.21 Å². The van der Waals surface area contributed by atoms with Crippen LogP contribution in [0.25, 0.3) is 0 Å². The van der Waals surface area contributed by atoms with Crippen LogP contribution in [0.1, 0.15) is 6.92 Å². The molecule has 6 N–H and O–H groups in total. The lowest BCUT2D eigenvalue weighted by Crippen LogP contribution is -2.43. The molecule has 0 fully saturated rings. The molecule has 17 heavy (non-hydrogen) atoms. The maximum atomic E-state index is 11.5. The molecular weight excluding hydrogens is 226 g/mol. The van der Waals surface area contributed by atoms with Gasteiger partial charge in [0.15, 0.2) is 11.5 Å².